The molecule has 112 valence electrons. The predicted molar refractivity (Wildman–Crippen MR) is 81.6 cm³/mol. The van der Waals surface area contributed by atoms with Crippen LogP contribution in [0.1, 0.15) is 33.6 Å². The summed E-state index contributed by atoms with van der Waals surface area (Å²) >= 11 is 0. The summed E-state index contributed by atoms with van der Waals surface area (Å²) in [4.78, 5) is 2.70. The molecule has 1 aliphatic heterocycles. The molecule has 2 fully saturated rings. The van der Waals surface area contributed by atoms with E-state index in [4.69, 9.17) is 0 Å². The van der Waals surface area contributed by atoms with Crippen LogP contribution in [0.25, 0.3) is 0 Å². The van der Waals surface area contributed by atoms with E-state index in [0.717, 1.165) is 25.6 Å². The largest absolute Gasteiger partial charge is 0.311 e. The molecule has 3 rings (SSSR count). The molecule has 1 saturated carbocycles. The molecule has 0 aromatic carbocycles. The molecular weight excluding hydrogens is 248 g/mol. The second-order valence-electron chi connectivity index (χ2n) is 7.50. The van der Waals surface area contributed by atoms with Crippen molar-refractivity contribution in [1.82, 2.24) is 20.0 Å². The Kier molecular flexibility index (Phi) is 3.87. The van der Waals surface area contributed by atoms with Gasteiger partial charge in [-0.1, -0.05) is 20.8 Å². The predicted octanol–water partition coefficient (Wildman–Crippen LogP) is 1.98. The number of hydrogen-bond donors (Lipinski definition) is 1. The van der Waals surface area contributed by atoms with Crippen molar-refractivity contribution in [2.45, 2.75) is 52.2 Å². The van der Waals surface area contributed by atoms with Crippen LogP contribution in [0, 0.1) is 11.3 Å². The Hall–Kier alpha value is -0.870. The van der Waals surface area contributed by atoms with Crippen LogP contribution in [0.15, 0.2) is 18.5 Å². The van der Waals surface area contributed by atoms with Crippen LogP contribution in [0.4, 0.5) is 0 Å². The second-order valence-corrected chi connectivity index (χ2v) is 7.50. The second kappa shape index (κ2) is 5.49. The molecule has 1 aromatic heterocycles. The van der Waals surface area contributed by atoms with Crippen LogP contribution < -0.4 is 5.32 Å². The normalized spacial score (nSPS) is 28.8. The smallest absolute Gasteiger partial charge is 0.0536 e. The van der Waals surface area contributed by atoms with Crippen molar-refractivity contribution >= 4 is 0 Å². The molecule has 0 spiro atoms. The summed E-state index contributed by atoms with van der Waals surface area (Å²) in [5.74, 6) is 0.933. The van der Waals surface area contributed by atoms with Gasteiger partial charge in [-0.05, 0) is 30.2 Å². The summed E-state index contributed by atoms with van der Waals surface area (Å²) in [5, 5.41) is 8.13. The lowest BCUT2D eigenvalue weighted by molar-refractivity contribution is 0.0478. The topological polar surface area (TPSA) is 33.1 Å². The molecule has 1 N–H and O–H groups in total. The van der Waals surface area contributed by atoms with Crippen LogP contribution in [0.5, 0.6) is 0 Å². The first kappa shape index (κ1) is 14.1. The summed E-state index contributed by atoms with van der Waals surface area (Å²) in [7, 11) is 0. The Morgan fingerprint density at radius 3 is 2.65 bits per heavy atom. The number of aromatic nitrogens is 2. The summed E-state index contributed by atoms with van der Waals surface area (Å²) < 4.78 is 2.05. The molecule has 0 radical (unpaired) electrons. The highest BCUT2D eigenvalue weighted by Gasteiger charge is 2.40. The van der Waals surface area contributed by atoms with Crippen molar-refractivity contribution < 1.29 is 0 Å². The molecule has 0 amide bonds. The lowest BCUT2D eigenvalue weighted by Crippen LogP contribution is -2.61. The zero-order chi connectivity index (χ0) is 14.2. The average molecular weight is 276 g/mol. The van der Waals surface area contributed by atoms with Crippen molar-refractivity contribution in [2.75, 3.05) is 19.6 Å². The maximum absolute atomic E-state index is 4.33. The molecule has 1 saturated heterocycles. The summed E-state index contributed by atoms with van der Waals surface area (Å²) in [6.45, 7) is 11.5. The first-order valence-corrected chi connectivity index (χ1v) is 7.99. The summed E-state index contributed by atoms with van der Waals surface area (Å²) in [6, 6.07) is 3.34. The van der Waals surface area contributed by atoms with Gasteiger partial charge in [-0.25, -0.2) is 0 Å². The first-order chi connectivity index (χ1) is 9.54. The third-order valence-electron chi connectivity index (χ3n) is 4.81. The minimum absolute atomic E-state index is 0.325. The Labute approximate surface area is 122 Å². The molecule has 2 unspecified atom stereocenters. The lowest BCUT2D eigenvalue weighted by Gasteiger charge is -2.46. The number of rotatable bonds is 4. The van der Waals surface area contributed by atoms with Gasteiger partial charge in [0.25, 0.3) is 0 Å². The van der Waals surface area contributed by atoms with Crippen molar-refractivity contribution in [3.05, 3.63) is 18.5 Å². The van der Waals surface area contributed by atoms with E-state index in [-0.39, 0.29) is 0 Å². The van der Waals surface area contributed by atoms with Crippen LogP contribution >= 0.6 is 0 Å². The first-order valence-electron chi connectivity index (χ1n) is 7.99. The Morgan fingerprint density at radius 2 is 2.05 bits per heavy atom. The lowest BCUT2D eigenvalue weighted by atomic mass is 9.83. The van der Waals surface area contributed by atoms with Crippen molar-refractivity contribution in [2.24, 2.45) is 11.3 Å². The van der Waals surface area contributed by atoms with Gasteiger partial charge in [0.1, 0.15) is 0 Å². The molecule has 4 heteroatoms. The number of piperazine rings is 1. The quantitative estimate of drug-likeness (QED) is 0.913. The van der Waals surface area contributed by atoms with Gasteiger partial charge in [0, 0.05) is 44.1 Å². The van der Waals surface area contributed by atoms with Gasteiger partial charge < -0.3 is 5.32 Å². The zero-order valence-corrected chi connectivity index (χ0v) is 13.0. The molecule has 1 aromatic rings. The van der Waals surface area contributed by atoms with Gasteiger partial charge in [-0.3, -0.25) is 9.58 Å². The highest BCUT2D eigenvalue weighted by molar-refractivity contribution is 4.97. The highest BCUT2D eigenvalue weighted by Crippen LogP contribution is 2.36. The Morgan fingerprint density at radius 1 is 1.25 bits per heavy atom. The maximum Gasteiger partial charge on any atom is 0.0536 e. The van der Waals surface area contributed by atoms with Crippen LogP contribution in [-0.4, -0.2) is 46.4 Å². The van der Waals surface area contributed by atoms with E-state index in [9.17, 15) is 0 Å². The molecule has 2 heterocycles. The molecule has 0 bridgehead atoms. The molecule has 2 atom stereocenters. The minimum Gasteiger partial charge on any atom is -0.311 e. The van der Waals surface area contributed by atoms with E-state index in [1.807, 2.05) is 16.9 Å². The Bertz CT molecular complexity index is 416. The van der Waals surface area contributed by atoms with Crippen molar-refractivity contribution in [3.63, 3.8) is 0 Å². The fourth-order valence-corrected chi connectivity index (χ4v) is 3.42. The molecule has 20 heavy (non-hydrogen) atoms. The van der Waals surface area contributed by atoms with Gasteiger partial charge in [-0.15, -0.1) is 0 Å². The molecule has 2 aliphatic rings. The zero-order valence-electron chi connectivity index (χ0n) is 13.0. The van der Waals surface area contributed by atoms with Gasteiger partial charge >= 0.3 is 0 Å². The average Bonchev–Trinajstić information content (AvgIpc) is 3.12. The van der Waals surface area contributed by atoms with Gasteiger partial charge in [-0.2, -0.15) is 5.10 Å². The van der Waals surface area contributed by atoms with Crippen molar-refractivity contribution in [1.29, 1.82) is 0 Å². The third-order valence-corrected chi connectivity index (χ3v) is 4.81. The summed E-state index contributed by atoms with van der Waals surface area (Å²) in [6.07, 6.45) is 6.77. The molecule has 4 nitrogen and oxygen atoms in total. The molecular formula is C16H28N4. The van der Waals surface area contributed by atoms with E-state index >= 15 is 0 Å². The van der Waals surface area contributed by atoms with E-state index < -0.39 is 0 Å². The third kappa shape index (κ3) is 3.23. The van der Waals surface area contributed by atoms with Crippen LogP contribution in [-0.2, 0) is 6.54 Å². The van der Waals surface area contributed by atoms with Gasteiger partial charge in [0.2, 0.25) is 0 Å². The van der Waals surface area contributed by atoms with Crippen LogP contribution in [0.2, 0.25) is 0 Å². The SMILES string of the molecule is CC(C)(C)C1CNC(C2CC2)CN1CCn1cccn1. The number of nitrogens with zero attached hydrogens (tertiary/aromatic N) is 3. The van der Waals surface area contributed by atoms with Crippen LogP contribution in [0.3, 0.4) is 0 Å². The minimum atomic E-state index is 0.325. The maximum atomic E-state index is 4.33. The molecule has 1 aliphatic carbocycles. The van der Waals surface area contributed by atoms with Crippen molar-refractivity contribution in [3.8, 4) is 0 Å². The Balaban J connectivity index is 1.64. The number of nitrogens with one attached hydrogen (secondary N) is 1. The fourth-order valence-electron chi connectivity index (χ4n) is 3.42. The van der Waals surface area contributed by atoms with E-state index in [1.54, 1.807) is 0 Å². The van der Waals surface area contributed by atoms with E-state index in [1.165, 1.54) is 19.4 Å². The van der Waals surface area contributed by atoms with Gasteiger partial charge in [0.15, 0.2) is 0 Å². The van der Waals surface area contributed by atoms with E-state index in [2.05, 4.69) is 42.3 Å². The standard InChI is InChI=1S/C16H28N4/c1-16(2,3)15-11-17-14(13-5-6-13)12-19(15)9-10-20-8-4-7-18-20/h4,7-8,13-15,17H,5-6,9-12H2,1-3H3. The fraction of sp³-hybridized carbons (Fsp3) is 0.812. The highest BCUT2D eigenvalue weighted by atomic mass is 15.3. The monoisotopic (exact) mass is 276 g/mol. The van der Waals surface area contributed by atoms with E-state index in [0.29, 0.717) is 17.5 Å². The number of hydrogen-bond acceptors (Lipinski definition) is 3. The summed E-state index contributed by atoms with van der Waals surface area (Å²) in [5.41, 5.74) is 0.325. The van der Waals surface area contributed by atoms with Gasteiger partial charge in [0.05, 0.1) is 6.54 Å².